The van der Waals surface area contributed by atoms with Gasteiger partial charge >= 0.3 is 0 Å². The van der Waals surface area contributed by atoms with Crippen molar-refractivity contribution < 1.29 is 9.53 Å². The molecule has 1 aromatic carbocycles. The third kappa shape index (κ3) is 6.42. The number of rotatable bonds is 9. The zero-order valence-corrected chi connectivity index (χ0v) is 15.0. The quantitative estimate of drug-likeness (QED) is 0.650. The molecular weight excluding hydrogens is 312 g/mol. The Bertz CT molecular complexity index is 666. The summed E-state index contributed by atoms with van der Waals surface area (Å²) in [6, 6.07) is 11.7. The number of hydrogen-bond donors (Lipinski definition) is 0. The van der Waals surface area contributed by atoms with E-state index in [1.165, 1.54) is 5.56 Å². The van der Waals surface area contributed by atoms with Crippen molar-refractivity contribution in [2.75, 3.05) is 19.7 Å². The molecule has 132 valence electrons. The molecular formula is C21H26N2O2. The summed E-state index contributed by atoms with van der Waals surface area (Å²) in [7, 11) is 0. The van der Waals surface area contributed by atoms with Crippen molar-refractivity contribution in [1.82, 2.24) is 9.88 Å². The average Bonchev–Trinajstić information content (AvgIpc) is 2.67. The van der Waals surface area contributed by atoms with Crippen LogP contribution >= 0.6 is 0 Å². The summed E-state index contributed by atoms with van der Waals surface area (Å²) in [5, 5.41) is 0. The van der Waals surface area contributed by atoms with E-state index in [9.17, 15) is 4.79 Å². The van der Waals surface area contributed by atoms with Crippen molar-refractivity contribution in [2.24, 2.45) is 0 Å². The van der Waals surface area contributed by atoms with Gasteiger partial charge in [0, 0.05) is 31.6 Å². The standard InChI is InChI=1S/C21H26N2O2/c1-3-17-25-20-8-5-18(6-9-20)7-10-21(24)23(4-2)16-13-19-11-14-22-15-12-19/h5-12,14-15H,3-4,13,16-17H2,1-2H3/b10-7+. The molecule has 1 amide bonds. The predicted octanol–water partition coefficient (Wildman–Crippen LogP) is 3.97. The molecule has 0 aliphatic carbocycles. The number of nitrogens with zero attached hydrogens (tertiary/aromatic N) is 2. The minimum atomic E-state index is 0.0304. The molecule has 1 heterocycles. The molecule has 25 heavy (non-hydrogen) atoms. The molecule has 4 nitrogen and oxygen atoms in total. The Kier molecular flexibility index (Phi) is 7.70. The van der Waals surface area contributed by atoms with Crippen LogP contribution in [-0.2, 0) is 11.2 Å². The van der Waals surface area contributed by atoms with E-state index in [-0.39, 0.29) is 5.91 Å². The number of ether oxygens (including phenoxy) is 1. The highest BCUT2D eigenvalue weighted by molar-refractivity contribution is 5.91. The number of pyridine rings is 1. The molecule has 4 heteroatoms. The van der Waals surface area contributed by atoms with Crippen molar-refractivity contribution in [1.29, 1.82) is 0 Å². The van der Waals surface area contributed by atoms with Crippen LogP contribution in [0.25, 0.3) is 6.08 Å². The average molecular weight is 338 g/mol. The van der Waals surface area contributed by atoms with Gasteiger partial charge in [-0.3, -0.25) is 9.78 Å². The van der Waals surface area contributed by atoms with Gasteiger partial charge < -0.3 is 9.64 Å². The van der Waals surface area contributed by atoms with Crippen molar-refractivity contribution in [2.45, 2.75) is 26.7 Å². The van der Waals surface area contributed by atoms with Gasteiger partial charge in [-0.25, -0.2) is 0 Å². The van der Waals surface area contributed by atoms with Crippen LogP contribution in [0.5, 0.6) is 5.75 Å². The number of aromatic nitrogens is 1. The summed E-state index contributed by atoms with van der Waals surface area (Å²) in [5.41, 5.74) is 2.18. The third-order valence-corrected chi connectivity index (χ3v) is 3.88. The van der Waals surface area contributed by atoms with Crippen molar-refractivity contribution in [3.8, 4) is 5.75 Å². The second kappa shape index (κ2) is 10.3. The zero-order valence-electron chi connectivity index (χ0n) is 15.0. The number of hydrogen-bond acceptors (Lipinski definition) is 3. The molecule has 0 N–H and O–H groups in total. The predicted molar refractivity (Wildman–Crippen MR) is 101 cm³/mol. The number of carbonyl (C=O) groups is 1. The molecule has 0 saturated heterocycles. The van der Waals surface area contributed by atoms with E-state index >= 15 is 0 Å². The van der Waals surface area contributed by atoms with Gasteiger partial charge in [0.1, 0.15) is 5.75 Å². The lowest BCUT2D eigenvalue weighted by atomic mass is 10.2. The topological polar surface area (TPSA) is 42.4 Å². The summed E-state index contributed by atoms with van der Waals surface area (Å²) in [4.78, 5) is 18.2. The number of benzene rings is 1. The first kappa shape index (κ1) is 18.7. The van der Waals surface area contributed by atoms with Gasteiger partial charge in [0.25, 0.3) is 0 Å². The van der Waals surface area contributed by atoms with E-state index in [0.29, 0.717) is 13.1 Å². The highest BCUT2D eigenvalue weighted by atomic mass is 16.5. The van der Waals surface area contributed by atoms with Crippen molar-refractivity contribution in [3.05, 3.63) is 66.0 Å². The van der Waals surface area contributed by atoms with Crippen LogP contribution in [0.4, 0.5) is 0 Å². The van der Waals surface area contributed by atoms with Gasteiger partial charge in [-0.05, 0) is 61.2 Å². The maximum atomic E-state index is 12.4. The minimum Gasteiger partial charge on any atom is -0.494 e. The molecule has 2 rings (SSSR count). The number of amides is 1. The Morgan fingerprint density at radius 2 is 1.84 bits per heavy atom. The minimum absolute atomic E-state index is 0.0304. The second-order valence-corrected chi connectivity index (χ2v) is 5.77. The van der Waals surface area contributed by atoms with Crippen LogP contribution in [0.1, 0.15) is 31.4 Å². The Balaban J connectivity index is 1.88. The highest BCUT2D eigenvalue weighted by Crippen LogP contribution is 2.13. The van der Waals surface area contributed by atoms with Crippen molar-refractivity contribution >= 4 is 12.0 Å². The van der Waals surface area contributed by atoms with Gasteiger partial charge in [-0.1, -0.05) is 19.1 Å². The fraction of sp³-hybridized carbons (Fsp3) is 0.333. The summed E-state index contributed by atoms with van der Waals surface area (Å²) in [6.45, 7) is 6.19. The molecule has 1 aromatic heterocycles. The molecule has 0 radical (unpaired) electrons. The van der Waals surface area contributed by atoms with Crippen LogP contribution in [0.15, 0.2) is 54.9 Å². The van der Waals surface area contributed by atoms with Gasteiger partial charge in [0.2, 0.25) is 5.91 Å². The van der Waals surface area contributed by atoms with Gasteiger partial charge in [-0.15, -0.1) is 0 Å². The molecule has 2 aromatic rings. The molecule has 0 aliphatic rings. The highest BCUT2D eigenvalue weighted by Gasteiger charge is 2.08. The second-order valence-electron chi connectivity index (χ2n) is 5.77. The van der Waals surface area contributed by atoms with Gasteiger partial charge in [0.15, 0.2) is 0 Å². The number of likely N-dealkylation sites (N-methyl/N-ethyl adjacent to an activating group) is 1. The maximum Gasteiger partial charge on any atom is 0.246 e. The lowest BCUT2D eigenvalue weighted by Crippen LogP contribution is -2.31. The SMILES string of the molecule is CCCOc1ccc(/C=C/C(=O)N(CC)CCc2ccncc2)cc1. The third-order valence-electron chi connectivity index (χ3n) is 3.88. The zero-order chi connectivity index (χ0) is 17.9. The van der Waals surface area contributed by atoms with E-state index < -0.39 is 0 Å². The fourth-order valence-corrected chi connectivity index (χ4v) is 2.41. The lowest BCUT2D eigenvalue weighted by molar-refractivity contribution is -0.125. The molecule has 0 fully saturated rings. The largest absolute Gasteiger partial charge is 0.494 e. The van der Waals surface area contributed by atoms with E-state index in [1.807, 2.05) is 54.3 Å². The Morgan fingerprint density at radius 3 is 2.48 bits per heavy atom. The van der Waals surface area contributed by atoms with Crippen LogP contribution in [-0.4, -0.2) is 35.5 Å². The summed E-state index contributed by atoms with van der Waals surface area (Å²) in [5.74, 6) is 0.890. The van der Waals surface area contributed by atoms with E-state index in [1.54, 1.807) is 18.5 Å². The Labute approximate surface area is 150 Å². The normalized spacial score (nSPS) is 10.8. The van der Waals surface area contributed by atoms with E-state index in [0.717, 1.165) is 30.8 Å². The maximum absolute atomic E-state index is 12.4. The van der Waals surface area contributed by atoms with Crippen LogP contribution in [0.2, 0.25) is 0 Å². The van der Waals surface area contributed by atoms with E-state index in [2.05, 4.69) is 11.9 Å². The molecule has 0 atom stereocenters. The van der Waals surface area contributed by atoms with Crippen molar-refractivity contribution in [3.63, 3.8) is 0 Å². The summed E-state index contributed by atoms with van der Waals surface area (Å²) in [6.07, 6.45) is 8.86. The first-order chi connectivity index (χ1) is 12.2. The molecule has 0 unspecified atom stereocenters. The van der Waals surface area contributed by atoms with Gasteiger partial charge in [-0.2, -0.15) is 0 Å². The Morgan fingerprint density at radius 1 is 1.12 bits per heavy atom. The first-order valence-corrected chi connectivity index (χ1v) is 8.81. The summed E-state index contributed by atoms with van der Waals surface area (Å²) >= 11 is 0. The van der Waals surface area contributed by atoms with E-state index in [4.69, 9.17) is 4.74 Å². The first-order valence-electron chi connectivity index (χ1n) is 8.81. The molecule has 0 spiro atoms. The fourth-order valence-electron chi connectivity index (χ4n) is 2.41. The monoisotopic (exact) mass is 338 g/mol. The van der Waals surface area contributed by atoms with Gasteiger partial charge in [0.05, 0.1) is 6.61 Å². The van der Waals surface area contributed by atoms with Crippen LogP contribution in [0.3, 0.4) is 0 Å². The lowest BCUT2D eigenvalue weighted by Gasteiger charge is -2.19. The van der Waals surface area contributed by atoms with Crippen LogP contribution in [0, 0.1) is 0 Å². The number of carbonyl (C=O) groups excluding carboxylic acids is 1. The van der Waals surface area contributed by atoms with Crippen LogP contribution < -0.4 is 4.74 Å². The Hall–Kier alpha value is -2.62. The molecule has 0 saturated carbocycles. The molecule has 0 bridgehead atoms. The smallest absolute Gasteiger partial charge is 0.246 e. The summed E-state index contributed by atoms with van der Waals surface area (Å²) < 4.78 is 5.56. The molecule has 0 aliphatic heterocycles.